The van der Waals surface area contributed by atoms with Gasteiger partial charge in [0.05, 0.1) is 5.39 Å². The third-order valence-corrected chi connectivity index (χ3v) is 2.85. The summed E-state index contributed by atoms with van der Waals surface area (Å²) in [4.78, 5) is 27.7. The van der Waals surface area contributed by atoms with Gasteiger partial charge < -0.3 is 5.32 Å². The lowest BCUT2D eigenvalue weighted by atomic mass is 10.1. The molecule has 0 aliphatic rings. The van der Waals surface area contributed by atoms with Gasteiger partial charge in [-0.15, -0.1) is 0 Å². The van der Waals surface area contributed by atoms with E-state index in [-0.39, 0.29) is 17.2 Å². The standard InChI is InChI=1S/C14H10N4O2/c19-13-11-4-2-1-3-10(11)12(17-18-13)14(20)16-9-5-7-15-8-6-9/h1-8H,(H,18,19)(H,15,16,20). The largest absolute Gasteiger partial charge is 0.320 e. The molecule has 0 radical (unpaired) electrons. The molecule has 0 atom stereocenters. The van der Waals surface area contributed by atoms with Crippen LogP contribution >= 0.6 is 0 Å². The molecule has 0 bridgehead atoms. The summed E-state index contributed by atoms with van der Waals surface area (Å²) in [6.07, 6.45) is 3.15. The molecule has 0 spiro atoms. The van der Waals surface area contributed by atoms with Crippen molar-refractivity contribution >= 4 is 22.4 Å². The first-order valence-corrected chi connectivity index (χ1v) is 5.94. The molecule has 6 nitrogen and oxygen atoms in total. The molecule has 0 saturated heterocycles. The van der Waals surface area contributed by atoms with Crippen LogP contribution in [0, 0.1) is 0 Å². The third kappa shape index (κ3) is 2.14. The van der Waals surface area contributed by atoms with Gasteiger partial charge in [0.15, 0.2) is 5.69 Å². The molecule has 0 unspecified atom stereocenters. The molecule has 1 amide bonds. The number of anilines is 1. The summed E-state index contributed by atoms with van der Waals surface area (Å²) >= 11 is 0. The highest BCUT2D eigenvalue weighted by atomic mass is 16.2. The number of rotatable bonds is 2. The molecule has 6 heteroatoms. The van der Waals surface area contributed by atoms with Gasteiger partial charge in [0, 0.05) is 23.5 Å². The van der Waals surface area contributed by atoms with Crippen molar-refractivity contribution in [2.24, 2.45) is 0 Å². The molecule has 0 saturated carbocycles. The van der Waals surface area contributed by atoms with Crippen molar-refractivity contribution in [1.82, 2.24) is 15.2 Å². The van der Waals surface area contributed by atoms with E-state index in [0.29, 0.717) is 16.5 Å². The number of nitrogens with one attached hydrogen (secondary N) is 2. The fourth-order valence-electron chi connectivity index (χ4n) is 1.91. The maximum absolute atomic E-state index is 12.2. The fraction of sp³-hybridized carbons (Fsp3) is 0. The van der Waals surface area contributed by atoms with Crippen LogP contribution in [-0.2, 0) is 0 Å². The average molecular weight is 266 g/mol. The van der Waals surface area contributed by atoms with Gasteiger partial charge in [0.2, 0.25) is 0 Å². The lowest BCUT2D eigenvalue weighted by molar-refractivity contribution is 0.102. The number of carbonyl (C=O) groups is 1. The van der Waals surface area contributed by atoms with E-state index < -0.39 is 0 Å². The van der Waals surface area contributed by atoms with Gasteiger partial charge in [-0.1, -0.05) is 18.2 Å². The monoisotopic (exact) mass is 266 g/mol. The molecule has 20 heavy (non-hydrogen) atoms. The summed E-state index contributed by atoms with van der Waals surface area (Å²) in [6, 6.07) is 10.2. The van der Waals surface area contributed by atoms with Crippen molar-refractivity contribution in [3.8, 4) is 0 Å². The summed E-state index contributed by atoms with van der Waals surface area (Å²) in [5.41, 5.74) is 0.472. The van der Waals surface area contributed by atoms with Crippen LogP contribution in [-0.4, -0.2) is 21.1 Å². The Kier molecular flexibility index (Phi) is 2.96. The second-order valence-electron chi connectivity index (χ2n) is 4.14. The van der Waals surface area contributed by atoms with E-state index in [9.17, 15) is 9.59 Å². The molecule has 3 rings (SSSR count). The number of aromatic amines is 1. The topological polar surface area (TPSA) is 87.7 Å². The highest BCUT2D eigenvalue weighted by Crippen LogP contribution is 2.14. The van der Waals surface area contributed by atoms with E-state index in [4.69, 9.17) is 0 Å². The van der Waals surface area contributed by atoms with Crippen molar-refractivity contribution in [2.75, 3.05) is 5.32 Å². The fourth-order valence-corrected chi connectivity index (χ4v) is 1.91. The highest BCUT2D eigenvalue weighted by molar-refractivity contribution is 6.10. The predicted molar refractivity (Wildman–Crippen MR) is 74.6 cm³/mol. The van der Waals surface area contributed by atoms with E-state index >= 15 is 0 Å². The van der Waals surface area contributed by atoms with Gasteiger partial charge in [-0.2, -0.15) is 5.10 Å². The smallest absolute Gasteiger partial charge is 0.276 e. The Morgan fingerprint density at radius 1 is 1.05 bits per heavy atom. The third-order valence-electron chi connectivity index (χ3n) is 2.85. The summed E-state index contributed by atoms with van der Waals surface area (Å²) < 4.78 is 0. The van der Waals surface area contributed by atoms with Crippen LogP contribution in [0.4, 0.5) is 5.69 Å². The maximum Gasteiger partial charge on any atom is 0.276 e. The SMILES string of the molecule is O=C(Nc1ccncc1)c1n[nH]c(=O)c2ccccc12. The minimum Gasteiger partial charge on any atom is -0.320 e. The zero-order valence-corrected chi connectivity index (χ0v) is 10.3. The van der Waals surface area contributed by atoms with Gasteiger partial charge >= 0.3 is 0 Å². The van der Waals surface area contributed by atoms with Crippen LogP contribution in [0.3, 0.4) is 0 Å². The van der Waals surface area contributed by atoms with Crippen LogP contribution in [0.1, 0.15) is 10.5 Å². The molecule has 98 valence electrons. The van der Waals surface area contributed by atoms with Crippen molar-refractivity contribution < 1.29 is 4.79 Å². The normalized spacial score (nSPS) is 10.4. The molecule has 0 aliphatic heterocycles. The molecule has 2 heterocycles. The summed E-state index contributed by atoms with van der Waals surface area (Å²) in [6.45, 7) is 0. The van der Waals surface area contributed by atoms with Crippen molar-refractivity contribution in [3.05, 3.63) is 64.8 Å². The quantitative estimate of drug-likeness (QED) is 0.737. The van der Waals surface area contributed by atoms with Crippen LogP contribution in [0.5, 0.6) is 0 Å². The minimum atomic E-state index is -0.386. The van der Waals surface area contributed by atoms with Gasteiger partial charge in [-0.25, -0.2) is 5.10 Å². The summed E-state index contributed by atoms with van der Waals surface area (Å²) in [5.74, 6) is -0.386. The summed E-state index contributed by atoms with van der Waals surface area (Å²) in [7, 11) is 0. The van der Waals surface area contributed by atoms with Crippen LogP contribution in [0.25, 0.3) is 10.8 Å². The van der Waals surface area contributed by atoms with Crippen molar-refractivity contribution in [2.45, 2.75) is 0 Å². The molecule has 3 aromatic rings. The first-order chi connectivity index (χ1) is 9.75. The average Bonchev–Trinajstić information content (AvgIpc) is 2.49. The number of aromatic nitrogens is 3. The number of nitrogens with zero attached hydrogens (tertiary/aromatic N) is 2. The number of hydrogen-bond donors (Lipinski definition) is 2. The minimum absolute atomic E-state index is 0.178. The number of fused-ring (bicyclic) bond motifs is 1. The lowest BCUT2D eigenvalue weighted by Gasteiger charge is -2.06. The van der Waals surface area contributed by atoms with Gasteiger partial charge in [-0.05, 0) is 18.2 Å². The Morgan fingerprint density at radius 2 is 1.75 bits per heavy atom. The van der Waals surface area contributed by atoms with Crippen LogP contribution in [0.2, 0.25) is 0 Å². The number of pyridine rings is 1. The zero-order valence-electron chi connectivity index (χ0n) is 10.3. The molecular formula is C14H10N4O2. The first-order valence-electron chi connectivity index (χ1n) is 5.94. The molecule has 2 N–H and O–H groups in total. The number of carbonyl (C=O) groups excluding carboxylic acids is 1. The summed E-state index contributed by atoms with van der Waals surface area (Å²) in [5, 5.41) is 9.82. The van der Waals surface area contributed by atoms with Gasteiger partial charge in [-0.3, -0.25) is 14.6 Å². The zero-order chi connectivity index (χ0) is 13.9. The van der Waals surface area contributed by atoms with E-state index in [1.54, 1.807) is 48.8 Å². The van der Waals surface area contributed by atoms with Gasteiger partial charge in [0.25, 0.3) is 11.5 Å². The van der Waals surface area contributed by atoms with Crippen LogP contribution in [0.15, 0.2) is 53.6 Å². The molecular weight excluding hydrogens is 256 g/mol. The Balaban J connectivity index is 2.04. The highest BCUT2D eigenvalue weighted by Gasteiger charge is 2.13. The first kappa shape index (κ1) is 12.0. The second-order valence-corrected chi connectivity index (χ2v) is 4.14. The van der Waals surface area contributed by atoms with E-state index in [2.05, 4.69) is 20.5 Å². The molecule has 2 aromatic heterocycles. The van der Waals surface area contributed by atoms with Crippen molar-refractivity contribution in [3.63, 3.8) is 0 Å². The number of H-pyrrole nitrogens is 1. The Bertz CT molecular complexity index is 827. The van der Waals surface area contributed by atoms with E-state index in [0.717, 1.165) is 0 Å². The van der Waals surface area contributed by atoms with Gasteiger partial charge in [0.1, 0.15) is 0 Å². The Hall–Kier alpha value is -3.02. The van der Waals surface area contributed by atoms with E-state index in [1.807, 2.05) is 0 Å². The predicted octanol–water partition coefficient (Wildman–Crippen LogP) is 1.57. The Labute approximate surface area is 113 Å². The number of amides is 1. The molecule has 1 aromatic carbocycles. The molecule has 0 aliphatic carbocycles. The Morgan fingerprint density at radius 3 is 2.50 bits per heavy atom. The second kappa shape index (κ2) is 4.93. The van der Waals surface area contributed by atoms with Crippen LogP contribution < -0.4 is 10.9 Å². The number of hydrogen-bond acceptors (Lipinski definition) is 4. The maximum atomic E-state index is 12.2. The van der Waals surface area contributed by atoms with E-state index in [1.165, 1.54) is 0 Å². The number of benzene rings is 1. The molecule has 0 fully saturated rings. The van der Waals surface area contributed by atoms with Crippen molar-refractivity contribution in [1.29, 1.82) is 0 Å². The lowest BCUT2D eigenvalue weighted by Crippen LogP contribution is -2.19.